The van der Waals surface area contributed by atoms with E-state index in [1.165, 1.54) is 12.4 Å². The maximum absolute atomic E-state index is 13.2. The zero-order valence-electron chi connectivity index (χ0n) is 14.1. The van der Waals surface area contributed by atoms with Crippen molar-refractivity contribution in [2.75, 3.05) is 17.2 Å². The lowest BCUT2D eigenvalue weighted by molar-refractivity contribution is -0.118. The van der Waals surface area contributed by atoms with E-state index in [0.717, 1.165) is 5.56 Å². The summed E-state index contributed by atoms with van der Waals surface area (Å²) in [5.74, 6) is -3.72. The number of pyridine rings is 1. The summed E-state index contributed by atoms with van der Waals surface area (Å²) in [5.41, 5.74) is 2.19. The molecule has 2 amide bonds. The van der Waals surface area contributed by atoms with Crippen LogP contribution in [-0.2, 0) is 4.79 Å². The summed E-state index contributed by atoms with van der Waals surface area (Å²) in [4.78, 5) is 28.3. The SMILES string of the molecule is Cc1ccc(NC(=O)C2CC(F)(F)CN2)cc1NC(=O)c1ccncc1. The number of hydrogen-bond acceptors (Lipinski definition) is 4. The first kappa shape index (κ1) is 17.9. The van der Waals surface area contributed by atoms with E-state index in [-0.39, 0.29) is 5.91 Å². The van der Waals surface area contributed by atoms with Crippen LogP contribution in [-0.4, -0.2) is 35.3 Å². The number of nitrogens with zero attached hydrogens (tertiary/aromatic N) is 1. The first-order chi connectivity index (χ1) is 12.3. The largest absolute Gasteiger partial charge is 0.325 e. The van der Waals surface area contributed by atoms with Gasteiger partial charge in [-0.1, -0.05) is 6.07 Å². The van der Waals surface area contributed by atoms with Crippen LogP contribution in [0.4, 0.5) is 20.2 Å². The minimum atomic E-state index is -2.88. The molecule has 0 aliphatic carbocycles. The van der Waals surface area contributed by atoms with Crippen LogP contribution in [0.2, 0.25) is 0 Å². The number of halogens is 2. The van der Waals surface area contributed by atoms with Gasteiger partial charge in [-0.25, -0.2) is 8.78 Å². The highest BCUT2D eigenvalue weighted by Crippen LogP contribution is 2.26. The van der Waals surface area contributed by atoms with E-state index >= 15 is 0 Å². The summed E-state index contributed by atoms with van der Waals surface area (Å²) in [6, 6.07) is 7.21. The zero-order valence-corrected chi connectivity index (χ0v) is 14.1. The second-order valence-corrected chi connectivity index (χ2v) is 6.20. The normalized spacial score (nSPS) is 18.3. The number of aryl methyl sites for hydroxylation is 1. The Labute approximate surface area is 149 Å². The first-order valence-electron chi connectivity index (χ1n) is 8.08. The Kier molecular flexibility index (Phi) is 4.94. The monoisotopic (exact) mass is 360 g/mol. The molecular formula is C18H18F2N4O2. The van der Waals surface area contributed by atoms with Gasteiger partial charge in [-0.2, -0.15) is 0 Å². The number of rotatable bonds is 4. The maximum atomic E-state index is 13.2. The Morgan fingerprint density at radius 2 is 1.92 bits per heavy atom. The van der Waals surface area contributed by atoms with E-state index in [4.69, 9.17) is 0 Å². The smallest absolute Gasteiger partial charge is 0.262 e. The number of carbonyl (C=O) groups excluding carboxylic acids is 2. The molecule has 1 aliphatic rings. The molecule has 3 N–H and O–H groups in total. The van der Waals surface area contributed by atoms with Crippen molar-refractivity contribution in [1.82, 2.24) is 10.3 Å². The second kappa shape index (κ2) is 7.17. The lowest BCUT2D eigenvalue weighted by atomic mass is 10.1. The van der Waals surface area contributed by atoms with Crippen LogP contribution >= 0.6 is 0 Å². The summed E-state index contributed by atoms with van der Waals surface area (Å²) >= 11 is 0. The lowest BCUT2D eigenvalue weighted by Crippen LogP contribution is -2.35. The Morgan fingerprint density at radius 1 is 1.19 bits per heavy atom. The van der Waals surface area contributed by atoms with Gasteiger partial charge in [0.1, 0.15) is 0 Å². The number of amides is 2. The summed E-state index contributed by atoms with van der Waals surface area (Å²) < 4.78 is 26.4. The Bertz CT molecular complexity index is 827. The summed E-state index contributed by atoms with van der Waals surface area (Å²) in [7, 11) is 0. The predicted octanol–water partition coefficient (Wildman–Crippen LogP) is 2.58. The fraction of sp³-hybridized carbons (Fsp3) is 0.278. The molecule has 6 nitrogen and oxygen atoms in total. The zero-order chi connectivity index (χ0) is 18.7. The van der Waals surface area contributed by atoms with Crippen molar-refractivity contribution in [1.29, 1.82) is 0 Å². The van der Waals surface area contributed by atoms with Crippen LogP contribution in [0.15, 0.2) is 42.7 Å². The van der Waals surface area contributed by atoms with Gasteiger partial charge in [0.15, 0.2) is 0 Å². The standard InChI is InChI=1S/C18H18F2N4O2/c1-11-2-3-13(23-17(26)15-9-18(19,20)10-22-15)8-14(11)24-16(25)12-4-6-21-7-5-12/h2-8,15,22H,9-10H2,1H3,(H,23,26)(H,24,25). The van der Waals surface area contributed by atoms with Crippen molar-refractivity contribution in [2.45, 2.75) is 25.3 Å². The number of nitrogens with one attached hydrogen (secondary N) is 3. The van der Waals surface area contributed by atoms with Crippen molar-refractivity contribution >= 4 is 23.2 Å². The van der Waals surface area contributed by atoms with Crippen LogP contribution in [0.5, 0.6) is 0 Å². The van der Waals surface area contributed by atoms with Crippen LogP contribution in [0.1, 0.15) is 22.3 Å². The maximum Gasteiger partial charge on any atom is 0.262 e. The fourth-order valence-electron chi connectivity index (χ4n) is 2.66. The molecule has 0 saturated carbocycles. The van der Waals surface area contributed by atoms with Crippen LogP contribution in [0, 0.1) is 6.92 Å². The molecule has 136 valence electrons. The van der Waals surface area contributed by atoms with Gasteiger partial charge in [-0.05, 0) is 36.8 Å². The van der Waals surface area contributed by atoms with Crippen LogP contribution in [0.25, 0.3) is 0 Å². The van der Waals surface area contributed by atoms with Crippen LogP contribution < -0.4 is 16.0 Å². The Balaban J connectivity index is 1.70. The Hall–Kier alpha value is -2.87. The van der Waals surface area contributed by atoms with Gasteiger partial charge in [0.2, 0.25) is 5.91 Å². The van der Waals surface area contributed by atoms with Crippen molar-refractivity contribution in [3.05, 3.63) is 53.9 Å². The molecule has 2 heterocycles. The molecule has 3 rings (SSSR count). The molecule has 1 fully saturated rings. The number of benzene rings is 1. The van der Waals surface area contributed by atoms with Crippen LogP contribution in [0.3, 0.4) is 0 Å². The highest BCUT2D eigenvalue weighted by molar-refractivity contribution is 6.05. The predicted molar refractivity (Wildman–Crippen MR) is 93.4 cm³/mol. The van der Waals surface area contributed by atoms with E-state index in [1.54, 1.807) is 30.3 Å². The molecule has 1 aromatic carbocycles. The summed E-state index contributed by atoms with van der Waals surface area (Å²) in [6.07, 6.45) is 2.50. The molecule has 26 heavy (non-hydrogen) atoms. The van der Waals surface area contributed by atoms with Gasteiger partial charge in [0.05, 0.1) is 12.6 Å². The van der Waals surface area contributed by atoms with E-state index in [1.807, 2.05) is 6.92 Å². The molecule has 1 unspecified atom stereocenters. The molecule has 2 aromatic rings. The molecule has 1 aromatic heterocycles. The molecule has 0 spiro atoms. The molecule has 1 atom stereocenters. The molecule has 1 aliphatic heterocycles. The van der Waals surface area contributed by atoms with Crippen molar-refractivity contribution in [2.24, 2.45) is 0 Å². The third kappa shape index (κ3) is 4.20. The third-order valence-electron chi connectivity index (χ3n) is 4.12. The Morgan fingerprint density at radius 3 is 2.58 bits per heavy atom. The van der Waals surface area contributed by atoms with Gasteiger partial charge >= 0.3 is 0 Å². The minimum Gasteiger partial charge on any atom is -0.325 e. The van der Waals surface area contributed by atoms with Gasteiger partial charge in [0, 0.05) is 35.8 Å². The van der Waals surface area contributed by atoms with Gasteiger partial charge in [-0.3, -0.25) is 19.9 Å². The molecule has 0 bridgehead atoms. The average Bonchev–Trinajstić information content (AvgIpc) is 2.98. The summed E-state index contributed by atoms with van der Waals surface area (Å²) in [6.45, 7) is 1.30. The minimum absolute atomic E-state index is 0.309. The topological polar surface area (TPSA) is 83.1 Å². The molecule has 0 radical (unpaired) electrons. The van der Waals surface area contributed by atoms with Crippen molar-refractivity contribution < 1.29 is 18.4 Å². The average molecular weight is 360 g/mol. The van der Waals surface area contributed by atoms with E-state index in [2.05, 4.69) is 20.9 Å². The van der Waals surface area contributed by atoms with Gasteiger partial charge < -0.3 is 10.6 Å². The number of hydrogen-bond donors (Lipinski definition) is 3. The highest BCUT2D eigenvalue weighted by Gasteiger charge is 2.42. The molecule has 8 heteroatoms. The van der Waals surface area contributed by atoms with E-state index in [9.17, 15) is 18.4 Å². The first-order valence-corrected chi connectivity index (χ1v) is 8.08. The quantitative estimate of drug-likeness (QED) is 0.783. The number of carbonyl (C=O) groups is 2. The van der Waals surface area contributed by atoms with Crippen molar-refractivity contribution in [3.8, 4) is 0 Å². The van der Waals surface area contributed by atoms with E-state index < -0.39 is 30.8 Å². The van der Waals surface area contributed by atoms with Crippen molar-refractivity contribution in [3.63, 3.8) is 0 Å². The number of aromatic nitrogens is 1. The van der Waals surface area contributed by atoms with Gasteiger partial charge in [0.25, 0.3) is 11.8 Å². The number of alkyl halides is 2. The highest BCUT2D eigenvalue weighted by atomic mass is 19.3. The van der Waals surface area contributed by atoms with Gasteiger partial charge in [-0.15, -0.1) is 0 Å². The second-order valence-electron chi connectivity index (χ2n) is 6.20. The fourth-order valence-corrected chi connectivity index (χ4v) is 2.66. The number of anilines is 2. The molecular weight excluding hydrogens is 342 g/mol. The summed E-state index contributed by atoms with van der Waals surface area (Å²) in [5, 5.41) is 7.88. The third-order valence-corrected chi connectivity index (χ3v) is 4.12. The lowest BCUT2D eigenvalue weighted by Gasteiger charge is -2.14. The van der Waals surface area contributed by atoms with E-state index in [0.29, 0.717) is 16.9 Å². The molecule has 1 saturated heterocycles.